The Hall–Kier alpha value is -1.99. The van der Waals surface area contributed by atoms with Crippen molar-refractivity contribution in [3.63, 3.8) is 0 Å². The molecule has 1 atom stereocenters. The van der Waals surface area contributed by atoms with Crippen molar-refractivity contribution >= 4 is 17.2 Å². The Bertz CT molecular complexity index is 630. The predicted octanol–water partition coefficient (Wildman–Crippen LogP) is -0.209. The van der Waals surface area contributed by atoms with Gasteiger partial charge < -0.3 is 15.8 Å². The van der Waals surface area contributed by atoms with Gasteiger partial charge in [-0.15, -0.1) is 0 Å². The quantitative estimate of drug-likeness (QED) is 0.726. The third-order valence-electron chi connectivity index (χ3n) is 3.13. The summed E-state index contributed by atoms with van der Waals surface area (Å²) >= 11 is 0. The van der Waals surface area contributed by atoms with Crippen molar-refractivity contribution in [3.05, 3.63) is 23.5 Å². The van der Waals surface area contributed by atoms with Crippen LogP contribution < -0.4 is 11.1 Å². The van der Waals surface area contributed by atoms with Crippen LogP contribution in [0.4, 0.5) is 5.82 Å². The third-order valence-corrected chi connectivity index (χ3v) is 3.13. The van der Waals surface area contributed by atoms with Crippen molar-refractivity contribution in [2.24, 2.45) is 0 Å². The number of ketones is 1. The van der Waals surface area contributed by atoms with E-state index < -0.39 is 6.10 Å². The van der Waals surface area contributed by atoms with Crippen LogP contribution in [0.25, 0.3) is 5.65 Å². The summed E-state index contributed by atoms with van der Waals surface area (Å²) in [6.45, 7) is 3.62. The molecule has 2 aromatic heterocycles. The average molecular weight is 261 g/mol. The number of rotatable bonds is 2. The lowest BCUT2D eigenvalue weighted by molar-refractivity contribution is 0.0269. The smallest absolute Gasteiger partial charge is 0.198 e. The van der Waals surface area contributed by atoms with E-state index in [0.717, 1.165) is 12.2 Å². The molecular weight excluding hydrogens is 246 g/mol. The van der Waals surface area contributed by atoms with Crippen molar-refractivity contribution in [1.29, 1.82) is 0 Å². The van der Waals surface area contributed by atoms with Crippen LogP contribution in [0.5, 0.6) is 0 Å². The number of hydrogen-bond acceptors (Lipinski definition) is 6. The highest BCUT2D eigenvalue weighted by Crippen LogP contribution is 2.17. The second kappa shape index (κ2) is 4.60. The molecule has 2 aromatic rings. The van der Waals surface area contributed by atoms with Crippen LogP contribution >= 0.6 is 0 Å². The number of aryl methyl sites for hydroxylation is 1. The maximum atomic E-state index is 12.3. The molecule has 0 amide bonds. The Labute approximate surface area is 109 Å². The van der Waals surface area contributed by atoms with Gasteiger partial charge in [0.2, 0.25) is 0 Å². The molecule has 3 rings (SSSR count). The van der Waals surface area contributed by atoms with Crippen LogP contribution in [0.1, 0.15) is 16.1 Å². The number of ether oxygens (including phenoxy) is 1. The van der Waals surface area contributed by atoms with Crippen molar-refractivity contribution in [3.8, 4) is 0 Å². The summed E-state index contributed by atoms with van der Waals surface area (Å²) in [6.07, 6.45) is 0.985. The second-order valence-corrected chi connectivity index (χ2v) is 4.54. The molecular formula is C12H15N5O2. The number of nitrogen functional groups attached to an aromatic ring is 1. The molecule has 0 saturated carbocycles. The van der Waals surface area contributed by atoms with Gasteiger partial charge in [0, 0.05) is 25.4 Å². The number of carbonyl (C=O) groups excluding carboxylic acids is 1. The summed E-state index contributed by atoms with van der Waals surface area (Å²) in [5.74, 6) is 0.143. The first-order valence-electron chi connectivity index (χ1n) is 6.14. The molecule has 1 fully saturated rings. The molecule has 1 aliphatic rings. The average Bonchev–Trinajstić information content (AvgIpc) is 2.81. The first kappa shape index (κ1) is 12.1. The number of anilines is 1. The molecule has 3 heterocycles. The van der Waals surface area contributed by atoms with Crippen LogP contribution in [-0.4, -0.2) is 46.2 Å². The summed E-state index contributed by atoms with van der Waals surface area (Å²) in [6, 6.07) is 1.81. The number of aromatic nitrogens is 3. The molecule has 1 saturated heterocycles. The minimum atomic E-state index is -0.507. The van der Waals surface area contributed by atoms with Gasteiger partial charge in [-0.1, -0.05) is 0 Å². The standard InChI is InChI=1S/C12H15N5O2/c1-7-4-10-15-5-8(12(13)17(10)16-7)11(18)9-6-14-2-3-19-9/h4-5,9,14H,2-3,6,13H2,1H3/t9-/m0/s1. The van der Waals surface area contributed by atoms with Gasteiger partial charge in [0.25, 0.3) is 0 Å². The Kier molecular flexibility index (Phi) is 2.92. The number of nitrogens with two attached hydrogens (primary N) is 1. The van der Waals surface area contributed by atoms with E-state index in [1.54, 1.807) is 0 Å². The van der Waals surface area contributed by atoms with E-state index in [9.17, 15) is 4.79 Å². The minimum absolute atomic E-state index is 0.160. The van der Waals surface area contributed by atoms with Gasteiger partial charge >= 0.3 is 0 Å². The van der Waals surface area contributed by atoms with Crippen molar-refractivity contribution < 1.29 is 9.53 Å². The Morgan fingerprint density at radius 2 is 2.47 bits per heavy atom. The Morgan fingerprint density at radius 1 is 1.63 bits per heavy atom. The van der Waals surface area contributed by atoms with Gasteiger partial charge in [0.15, 0.2) is 11.4 Å². The molecule has 0 unspecified atom stereocenters. The second-order valence-electron chi connectivity index (χ2n) is 4.54. The fraction of sp³-hybridized carbons (Fsp3) is 0.417. The first-order chi connectivity index (χ1) is 9.16. The summed E-state index contributed by atoms with van der Waals surface area (Å²) in [4.78, 5) is 16.5. The lowest BCUT2D eigenvalue weighted by Gasteiger charge is -2.22. The SMILES string of the molecule is Cc1cc2ncc(C(=O)[C@@H]3CNCCO3)c(N)n2n1. The van der Waals surface area contributed by atoms with Crippen LogP contribution in [0, 0.1) is 6.92 Å². The van der Waals surface area contributed by atoms with E-state index in [0.29, 0.717) is 30.2 Å². The Balaban J connectivity index is 1.99. The summed E-state index contributed by atoms with van der Waals surface area (Å²) in [5, 5.41) is 7.34. The molecule has 100 valence electrons. The fourth-order valence-electron chi connectivity index (χ4n) is 2.16. The monoisotopic (exact) mass is 261 g/mol. The highest BCUT2D eigenvalue weighted by atomic mass is 16.5. The molecule has 3 N–H and O–H groups in total. The Morgan fingerprint density at radius 3 is 3.21 bits per heavy atom. The first-order valence-corrected chi connectivity index (χ1v) is 6.14. The van der Waals surface area contributed by atoms with E-state index in [2.05, 4.69) is 15.4 Å². The predicted molar refractivity (Wildman–Crippen MR) is 69.1 cm³/mol. The maximum absolute atomic E-state index is 12.3. The molecule has 19 heavy (non-hydrogen) atoms. The number of Topliss-reactive ketones (excluding diaryl/α,β-unsaturated/α-hetero) is 1. The topological polar surface area (TPSA) is 94.5 Å². The molecule has 7 nitrogen and oxygen atoms in total. The summed E-state index contributed by atoms with van der Waals surface area (Å²) in [7, 11) is 0. The molecule has 1 aliphatic heterocycles. The van der Waals surface area contributed by atoms with Crippen molar-refractivity contribution in [1.82, 2.24) is 19.9 Å². The number of hydrogen-bond donors (Lipinski definition) is 2. The molecule has 7 heteroatoms. The lowest BCUT2D eigenvalue weighted by atomic mass is 10.1. The fourth-order valence-corrected chi connectivity index (χ4v) is 2.16. The minimum Gasteiger partial charge on any atom is -0.383 e. The molecule has 0 radical (unpaired) electrons. The van der Waals surface area contributed by atoms with Gasteiger partial charge in [0.1, 0.15) is 11.9 Å². The van der Waals surface area contributed by atoms with Crippen LogP contribution in [0.15, 0.2) is 12.3 Å². The van der Waals surface area contributed by atoms with E-state index in [1.165, 1.54) is 10.7 Å². The number of morpholine rings is 1. The maximum Gasteiger partial charge on any atom is 0.198 e. The number of carbonyl (C=O) groups is 1. The molecule has 0 aromatic carbocycles. The lowest BCUT2D eigenvalue weighted by Crippen LogP contribution is -2.43. The highest BCUT2D eigenvalue weighted by molar-refractivity contribution is 6.03. The number of nitrogens with zero attached hydrogens (tertiary/aromatic N) is 3. The number of fused-ring (bicyclic) bond motifs is 1. The van der Waals surface area contributed by atoms with Gasteiger partial charge in [-0.3, -0.25) is 4.79 Å². The molecule has 0 spiro atoms. The van der Waals surface area contributed by atoms with Gasteiger partial charge in [-0.2, -0.15) is 9.61 Å². The number of nitrogens with one attached hydrogen (secondary N) is 1. The van der Waals surface area contributed by atoms with Gasteiger partial charge in [-0.05, 0) is 6.92 Å². The van der Waals surface area contributed by atoms with Gasteiger partial charge in [0.05, 0.1) is 17.9 Å². The van der Waals surface area contributed by atoms with E-state index >= 15 is 0 Å². The highest BCUT2D eigenvalue weighted by Gasteiger charge is 2.26. The van der Waals surface area contributed by atoms with E-state index in [-0.39, 0.29) is 5.78 Å². The van der Waals surface area contributed by atoms with Gasteiger partial charge in [-0.25, -0.2) is 4.98 Å². The normalized spacial score (nSPS) is 19.7. The molecule has 0 aliphatic carbocycles. The largest absolute Gasteiger partial charge is 0.383 e. The van der Waals surface area contributed by atoms with Crippen molar-refractivity contribution in [2.75, 3.05) is 25.4 Å². The third kappa shape index (κ3) is 2.06. The zero-order chi connectivity index (χ0) is 13.4. The van der Waals surface area contributed by atoms with Crippen LogP contribution in [0.3, 0.4) is 0 Å². The summed E-state index contributed by atoms with van der Waals surface area (Å²) in [5.41, 5.74) is 7.79. The van der Waals surface area contributed by atoms with E-state index in [1.807, 2.05) is 13.0 Å². The zero-order valence-electron chi connectivity index (χ0n) is 10.6. The van der Waals surface area contributed by atoms with E-state index in [4.69, 9.17) is 10.5 Å². The summed E-state index contributed by atoms with van der Waals surface area (Å²) < 4.78 is 6.93. The van der Waals surface area contributed by atoms with Crippen molar-refractivity contribution in [2.45, 2.75) is 13.0 Å². The van der Waals surface area contributed by atoms with Crippen LogP contribution in [0.2, 0.25) is 0 Å². The molecule has 0 bridgehead atoms. The van der Waals surface area contributed by atoms with Crippen LogP contribution in [-0.2, 0) is 4.74 Å². The zero-order valence-corrected chi connectivity index (χ0v) is 10.6.